The molecule has 0 fully saturated rings. The van der Waals surface area contributed by atoms with Crippen molar-refractivity contribution in [3.05, 3.63) is 111 Å². The maximum absolute atomic E-state index is 14.6. The van der Waals surface area contributed by atoms with Crippen molar-refractivity contribution in [2.75, 3.05) is 103 Å². The van der Waals surface area contributed by atoms with Crippen LogP contribution in [0.25, 0.3) is 0 Å². The zero-order chi connectivity index (χ0) is 47.8. The molecule has 4 aromatic rings. The Morgan fingerprint density at radius 1 is 0.636 bits per heavy atom. The number of likely N-dealkylation sites (N-methyl/N-ethyl adjacent to an activating group) is 2. The van der Waals surface area contributed by atoms with Gasteiger partial charge in [-0.05, 0) is 71.3 Å². The van der Waals surface area contributed by atoms with E-state index < -0.39 is 28.6 Å². The minimum Gasteiger partial charge on any atom is -0.493 e. The van der Waals surface area contributed by atoms with E-state index in [2.05, 4.69) is 7.05 Å². The van der Waals surface area contributed by atoms with Crippen molar-refractivity contribution in [3.8, 4) is 40.2 Å². The van der Waals surface area contributed by atoms with Crippen molar-refractivity contribution < 1.29 is 70.0 Å². The van der Waals surface area contributed by atoms with E-state index in [1.54, 1.807) is 55.8 Å². The molecule has 356 valence electrons. The fourth-order valence-corrected chi connectivity index (χ4v) is 9.72. The Bertz CT molecular complexity index is 2410. The Morgan fingerprint density at radius 3 is 1.71 bits per heavy atom. The molecular formula is C50H61ClF2N2O11+2. The molecule has 0 radical (unpaired) electrons. The second kappa shape index (κ2) is 21.7. The second-order valence-corrected chi connectivity index (χ2v) is 17.4. The van der Waals surface area contributed by atoms with Gasteiger partial charge in [0.15, 0.2) is 46.1 Å². The maximum Gasteiger partial charge on any atom is 0.350 e. The van der Waals surface area contributed by atoms with Crippen molar-refractivity contribution in [2.24, 2.45) is 0 Å². The predicted molar refractivity (Wildman–Crippen MR) is 244 cm³/mol. The second-order valence-electron chi connectivity index (χ2n) is 17.0. The molecule has 0 bridgehead atoms. The van der Waals surface area contributed by atoms with Gasteiger partial charge < -0.3 is 51.6 Å². The normalized spacial score (nSPS) is 20.0. The van der Waals surface area contributed by atoms with E-state index >= 15 is 0 Å². The number of hydrogen-bond donors (Lipinski definition) is 0. The Balaban J connectivity index is 1.07. The van der Waals surface area contributed by atoms with Crippen LogP contribution >= 0.6 is 11.6 Å². The third kappa shape index (κ3) is 10.7. The molecule has 2 aliphatic rings. The Kier molecular flexibility index (Phi) is 16.3. The summed E-state index contributed by atoms with van der Waals surface area (Å²) in [6.07, 6.45) is 3.98. The summed E-state index contributed by atoms with van der Waals surface area (Å²) in [5, 5.41) is -0.400. The summed E-state index contributed by atoms with van der Waals surface area (Å²) in [7, 11) is 15.3. The van der Waals surface area contributed by atoms with Gasteiger partial charge in [-0.25, -0.2) is 18.4 Å². The van der Waals surface area contributed by atoms with Gasteiger partial charge in [-0.3, -0.25) is 0 Å². The molecular weight excluding hydrogens is 878 g/mol. The number of fused-ring (bicyclic) bond motifs is 2. The number of benzene rings is 4. The molecule has 13 nitrogen and oxygen atoms in total. The largest absolute Gasteiger partial charge is 0.493 e. The summed E-state index contributed by atoms with van der Waals surface area (Å²) < 4.78 is 80.2. The summed E-state index contributed by atoms with van der Waals surface area (Å²) >= 11 is 6.29. The van der Waals surface area contributed by atoms with Gasteiger partial charge in [-0.15, -0.1) is 0 Å². The van der Waals surface area contributed by atoms with Crippen LogP contribution < -0.4 is 33.2 Å². The van der Waals surface area contributed by atoms with Crippen LogP contribution in [-0.2, 0) is 38.3 Å². The van der Waals surface area contributed by atoms with E-state index in [9.17, 15) is 18.4 Å². The number of nitrogens with zero attached hydrogens (tertiary/aromatic N) is 2. The highest BCUT2D eigenvalue weighted by atomic mass is 35.5. The number of halogens is 3. The molecule has 0 unspecified atom stereocenters. The SMILES string of the molecule is COc1cc2c(cc1OC)[C@H](c1ccc(F)c(F)c1)[N@@+](C)(CCCOC(=O)/C=C(\Cl)C(=O)OCCC[N@+]1(C)CCc3cc(OC)c(OC)cc3[C@H]1Cc1cc(OC)c(OC)c(OC)c1)CC2. The van der Waals surface area contributed by atoms with Gasteiger partial charge in [-0.2, -0.15) is 0 Å². The number of methoxy groups -OCH3 is 7. The van der Waals surface area contributed by atoms with Crippen LogP contribution in [0.1, 0.15) is 58.3 Å². The lowest BCUT2D eigenvalue weighted by Gasteiger charge is -2.46. The molecule has 6 rings (SSSR count). The lowest BCUT2D eigenvalue weighted by atomic mass is 9.85. The minimum atomic E-state index is -0.938. The van der Waals surface area contributed by atoms with Gasteiger partial charge in [0.05, 0.1) is 103 Å². The molecule has 4 atom stereocenters. The average Bonchev–Trinajstić information content (AvgIpc) is 3.32. The Morgan fingerprint density at radius 2 is 1.15 bits per heavy atom. The number of carbonyl (C=O) groups excluding carboxylic acids is 2. The highest BCUT2D eigenvalue weighted by Gasteiger charge is 2.42. The molecule has 0 spiro atoms. The monoisotopic (exact) mass is 938 g/mol. The topological polar surface area (TPSA) is 117 Å². The number of rotatable bonds is 20. The van der Waals surface area contributed by atoms with Crippen LogP contribution in [0.4, 0.5) is 8.78 Å². The first-order valence-corrected chi connectivity index (χ1v) is 22.2. The Labute approximate surface area is 390 Å². The third-order valence-electron chi connectivity index (χ3n) is 13.1. The number of quaternary nitrogens is 2. The molecule has 2 heterocycles. The molecule has 0 N–H and O–H groups in total. The lowest BCUT2D eigenvalue weighted by molar-refractivity contribution is -0.941. The van der Waals surface area contributed by atoms with Crippen molar-refractivity contribution >= 4 is 23.5 Å². The number of ether oxygens (including phenoxy) is 9. The molecule has 16 heteroatoms. The number of carbonyl (C=O) groups is 2. The third-order valence-corrected chi connectivity index (χ3v) is 13.3. The van der Waals surface area contributed by atoms with Crippen LogP contribution in [0.3, 0.4) is 0 Å². The predicted octanol–water partition coefficient (Wildman–Crippen LogP) is 8.09. The van der Waals surface area contributed by atoms with Gasteiger partial charge in [0, 0.05) is 54.9 Å². The van der Waals surface area contributed by atoms with Crippen LogP contribution in [-0.4, -0.2) is 124 Å². The quantitative estimate of drug-likeness (QED) is 0.0371. The van der Waals surface area contributed by atoms with Crippen molar-refractivity contribution in [3.63, 3.8) is 0 Å². The highest BCUT2D eigenvalue weighted by Crippen LogP contribution is 2.46. The maximum atomic E-state index is 14.6. The molecule has 0 saturated heterocycles. The first-order valence-electron chi connectivity index (χ1n) is 21.8. The molecule has 0 amide bonds. The first kappa shape index (κ1) is 49.7. The molecule has 4 aromatic carbocycles. The van der Waals surface area contributed by atoms with Crippen molar-refractivity contribution in [1.29, 1.82) is 0 Å². The van der Waals surface area contributed by atoms with E-state index in [0.717, 1.165) is 52.9 Å². The van der Waals surface area contributed by atoms with Gasteiger partial charge in [0.25, 0.3) is 0 Å². The van der Waals surface area contributed by atoms with Gasteiger partial charge in [0.1, 0.15) is 17.1 Å². The molecule has 2 aliphatic heterocycles. The zero-order valence-corrected chi connectivity index (χ0v) is 40.0. The van der Waals surface area contributed by atoms with Crippen molar-refractivity contribution in [1.82, 2.24) is 0 Å². The van der Waals surface area contributed by atoms with E-state index in [4.69, 9.17) is 54.2 Å². The van der Waals surface area contributed by atoms with Crippen LogP contribution in [0.5, 0.6) is 40.2 Å². The first-order chi connectivity index (χ1) is 31.7. The Hall–Kier alpha value is -5.77. The van der Waals surface area contributed by atoms with Crippen molar-refractivity contribution in [2.45, 2.75) is 44.2 Å². The fourth-order valence-electron chi connectivity index (χ4n) is 9.58. The highest BCUT2D eigenvalue weighted by molar-refractivity contribution is 6.42. The smallest absolute Gasteiger partial charge is 0.350 e. The van der Waals surface area contributed by atoms with Crippen LogP contribution in [0.15, 0.2) is 65.7 Å². The standard InChI is InChI=1S/C50H61ClF2N2O11/c1-54(18-14-32-26-41(58-3)43(60-5)28-35(32)40(54)22-31-23-45(62-7)49(64-9)46(24-31)63-8)16-10-21-66-50(57)37(51)30-47(56)65-20-11-17-55(2)19-15-33-27-42(59-4)44(61-6)29-36(33)48(55)34-12-13-38(52)39(53)25-34/h12-13,23-30,40,48H,10-11,14-22H2,1-9H3/q+2/b37-30-/t40-,48+,54-,55+/m1/s1. The molecule has 66 heavy (non-hydrogen) atoms. The average molecular weight is 939 g/mol. The number of esters is 2. The summed E-state index contributed by atoms with van der Waals surface area (Å²) in [4.78, 5) is 25.9. The summed E-state index contributed by atoms with van der Waals surface area (Å²) in [6.45, 7) is 2.75. The molecule has 0 aliphatic carbocycles. The zero-order valence-electron chi connectivity index (χ0n) is 39.2. The summed E-state index contributed by atoms with van der Waals surface area (Å²) in [6, 6.07) is 15.4. The fraction of sp³-hybridized carbons (Fsp3) is 0.440. The molecule has 0 saturated carbocycles. The molecule has 0 aromatic heterocycles. The van der Waals surface area contributed by atoms with E-state index in [1.807, 2.05) is 43.4 Å². The van der Waals surface area contributed by atoms with E-state index in [-0.39, 0.29) is 25.3 Å². The van der Waals surface area contributed by atoms with E-state index in [0.29, 0.717) is 100 Å². The van der Waals surface area contributed by atoms with E-state index in [1.165, 1.54) is 6.07 Å². The lowest BCUT2D eigenvalue weighted by Crippen LogP contribution is -2.52. The minimum absolute atomic E-state index is 0.0290. The number of hydrogen-bond acceptors (Lipinski definition) is 11. The van der Waals surface area contributed by atoms with Gasteiger partial charge in [-0.1, -0.05) is 11.6 Å². The van der Waals surface area contributed by atoms with Crippen LogP contribution in [0.2, 0.25) is 0 Å². The van der Waals surface area contributed by atoms with Gasteiger partial charge in [0.2, 0.25) is 5.75 Å². The summed E-state index contributed by atoms with van der Waals surface area (Å²) in [5.74, 6) is 0.545. The van der Waals surface area contributed by atoms with Crippen LogP contribution in [0, 0.1) is 11.6 Å². The summed E-state index contributed by atoms with van der Waals surface area (Å²) in [5.41, 5.74) is 5.80. The van der Waals surface area contributed by atoms with Gasteiger partial charge >= 0.3 is 11.9 Å².